The number of carbonyl (C=O) groups is 2. The Morgan fingerprint density at radius 1 is 1.19 bits per heavy atom. The highest BCUT2D eigenvalue weighted by Gasteiger charge is 2.32. The number of rotatable bonds is 6. The van der Waals surface area contributed by atoms with Crippen LogP contribution in [0.25, 0.3) is 0 Å². The standard InChI is InChI=1S/C22H24N6O3/c1-14-17(22(30)26-16-7-4-3-5-8-16)13-23-21(24-14)18-9-6-12-28(18)20(29)11-10-19-25-15(2)27-31-19/h3-5,7-8,13,18H,6,9-12H2,1-2H3,(H,26,30)/t18-/m1/s1. The van der Waals surface area contributed by atoms with E-state index in [-0.39, 0.29) is 24.3 Å². The molecule has 31 heavy (non-hydrogen) atoms. The van der Waals surface area contributed by atoms with Gasteiger partial charge in [-0.2, -0.15) is 4.98 Å². The predicted octanol–water partition coefficient (Wildman–Crippen LogP) is 3.03. The lowest BCUT2D eigenvalue weighted by Gasteiger charge is -2.24. The van der Waals surface area contributed by atoms with Gasteiger partial charge in [0.2, 0.25) is 11.8 Å². The average molecular weight is 420 g/mol. The summed E-state index contributed by atoms with van der Waals surface area (Å²) < 4.78 is 5.09. The third-order valence-corrected chi connectivity index (χ3v) is 5.27. The van der Waals surface area contributed by atoms with Crippen LogP contribution < -0.4 is 5.32 Å². The van der Waals surface area contributed by atoms with Gasteiger partial charge in [0.05, 0.1) is 17.3 Å². The zero-order valence-electron chi connectivity index (χ0n) is 17.5. The Balaban J connectivity index is 1.43. The number of nitrogens with zero attached hydrogens (tertiary/aromatic N) is 5. The van der Waals surface area contributed by atoms with Gasteiger partial charge < -0.3 is 14.7 Å². The summed E-state index contributed by atoms with van der Waals surface area (Å²) in [5.74, 6) is 1.33. The minimum atomic E-state index is -0.260. The molecule has 160 valence electrons. The van der Waals surface area contributed by atoms with E-state index in [1.54, 1.807) is 13.8 Å². The quantitative estimate of drug-likeness (QED) is 0.652. The fourth-order valence-electron chi connectivity index (χ4n) is 3.72. The second-order valence-corrected chi connectivity index (χ2v) is 7.53. The SMILES string of the molecule is Cc1noc(CCC(=O)N2CCC[C@@H]2c2ncc(C(=O)Nc3ccccc3)c(C)n2)n1. The smallest absolute Gasteiger partial charge is 0.259 e. The summed E-state index contributed by atoms with van der Waals surface area (Å²) in [5.41, 5.74) is 1.70. The molecule has 2 aromatic heterocycles. The Morgan fingerprint density at radius 3 is 2.71 bits per heavy atom. The molecule has 4 rings (SSSR count). The van der Waals surface area contributed by atoms with Crippen molar-refractivity contribution in [2.24, 2.45) is 0 Å². The van der Waals surface area contributed by atoms with Crippen molar-refractivity contribution in [2.75, 3.05) is 11.9 Å². The number of anilines is 1. The van der Waals surface area contributed by atoms with Gasteiger partial charge in [0.25, 0.3) is 5.91 Å². The summed E-state index contributed by atoms with van der Waals surface area (Å²) in [7, 11) is 0. The maximum atomic E-state index is 12.8. The molecule has 1 atom stereocenters. The molecule has 2 amide bonds. The van der Waals surface area contributed by atoms with Crippen LogP contribution in [-0.2, 0) is 11.2 Å². The number of aromatic nitrogens is 4. The molecule has 1 aromatic carbocycles. The first-order valence-electron chi connectivity index (χ1n) is 10.3. The second kappa shape index (κ2) is 9.03. The molecule has 0 spiro atoms. The number of benzene rings is 1. The molecular weight excluding hydrogens is 396 g/mol. The lowest BCUT2D eigenvalue weighted by atomic mass is 10.1. The van der Waals surface area contributed by atoms with Gasteiger partial charge in [-0.3, -0.25) is 9.59 Å². The monoisotopic (exact) mass is 420 g/mol. The summed E-state index contributed by atoms with van der Waals surface area (Å²) in [5, 5.41) is 6.60. The van der Waals surface area contributed by atoms with Gasteiger partial charge in [0, 0.05) is 31.3 Å². The molecule has 1 N–H and O–H groups in total. The molecule has 1 aliphatic rings. The lowest BCUT2D eigenvalue weighted by molar-refractivity contribution is -0.132. The molecule has 0 saturated carbocycles. The van der Waals surface area contributed by atoms with Gasteiger partial charge in [0.15, 0.2) is 11.6 Å². The van der Waals surface area contributed by atoms with Crippen LogP contribution in [0.5, 0.6) is 0 Å². The van der Waals surface area contributed by atoms with Gasteiger partial charge in [-0.15, -0.1) is 0 Å². The molecule has 0 aliphatic carbocycles. The van der Waals surface area contributed by atoms with Crippen molar-refractivity contribution in [1.29, 1.82) is 0 Å². The number of hydrogen-bond acceptors (Lipinski definition) is 7. The predicted molar refractivity (Wildman–Crippen MR) is 112 cm³/mol. The van der Waals surface area contributed by atoms with E-state index in [1.807, 2.05) is 35.2 Å². The van der Waals surface area contributed by atoms with Gasteiger partial charge in [-0.25, -0.2) is 9.97 Å². The van der Waals surface area contributed by atoms with Crippen LogP contribution in [0.2, 0.25) is 0 Å². The maximum absolute atomic E-state index is 12.8. The normalized spacial score (nSPS) is 15.8. The highest BCUT2D eigenvalue weighted by atomic mass is 16.5. The molecule has 3 aromatic rings. The van der Waals surface area contributed by atoms with Crippen LogP contribution in [0.1, 0.15) is 58.9 Å². The Bertz CT molecular complexity index is 1080. The highest BCUT2D eigenvalue weighted by Crippen LogP contribution is 2.31. The van der Waals surface area contributed by atoms with Gasteiger partial charge >= 0.3 is 0 Å². The molecular formula is C22H24N6O3. The topological polar surface area (TPSA) is 114 Å². The van der Waals surface area contributed by atoms with Crippen molar-refractivity contribution >= 4 is 17.5 Å². The summed E-state index contributed by atoms with van der Waals surface area (Å²) in [6, 6.07) is 9.04. The van der Waals surface area contributed by atoms with Gasteiger partial charge in [0.1, 0.15) is 0 Å². The Hall–Kier alpha value is -3.62. The number of hydrogen-bond donors (Lipinski definition) is 1. The van der Waals surface area contributed by atoms with E-state index in [0.717, 1.165) is 12.8 Å². The van der Waals surface area contributed by atoms with Gasteiger partial charge in [-0.05, 0) is 38.8 Å². The highest BCUT2D eigenvalue weighted by molar-refractivity contribution is 6.04. The number of aryl methyl sites for hydroxylation is 3. The third-order valence-electron chi connectivity index (χ3n) is 5.27. The van der Waals surface area contributed by atoms with Crippen LogP contribution in [0, 0.1) is 13.8 Å². The molecule has 9 nitrogen and oxygen atoms in total. The van der Waals surface area contributed by atoms with Crippen molar-refractivity contribution in [3.8, 4) is 0 Å². The number of likely N-dealkylation sites (tertiary alicyclic amines) is 1. The molecule has 0 bridgehead atoms. The van der Waals surface area contributed by atoms with Crippen LogP contribution in [0.3, 0.4) is 0 Å². The molecule has 9 heteroatoms. The maximum Gasteiger partial charge on any atom is 0.259 e. The van der Waals surface area contributed by atoms with E-state index < -0.39 is 0 Å². The Kier molecular flexibility index (Phi) is 6.01. The van der Waals surface area contributed by atoms with Crippen LogP contribution >= 0.6 is 0 Å². The zero-order valence-corrected chi connectivity index (χ0v) is 17.5. The van der Waals surface area contributed by atoms with E-state index in [1.165, 1.54) is 6.20 Å². The van der Waals surface area contributed by atoms with Crippen molar-refractivity contribution in [3.63, 3.8) is 0 Å². The minimum Gasteiger partial charge on any atom is -0.339 e. The van der Waals surface area contributed by atoms with E-state index >= 15 is 0 Å². The first kappa shape index (κ1) is 20.6. The fourth-order valence-corrected chi connectivity index (χ4v) is 3.72. The van der Waals surface area contributed by atoms with Crippen LogP contribution in [0.15, 0.2) is 41.1 Å². The number of carbonyl (C=O) groups excluding carboxylic acids is 2. The molecule has 3 heterocycles. The Labute approximate surface area is 179 Å². The fraction of sp³-hybridized carbons (Fsp3) is 0.364. The number of amides is 2. The first-order valence-corrected chi connectivity index (χ1v) is 10.3. The van der Waals surface area contributed by atoms with Crippen LogP contribution in [0.4, 0.5) is 5.69 Å². The van der Waals surface area contributed by atoms with Crippen LogP contribution in [-0.4, -0.2) is 43.4 Å². The van der Waals surface area contributed by atoms with Crippen molar-refractivity contribution in [2.45, 2.75) is 45.6 Å². The van der Waals surface area contributed by atoms with Crippen molar-refractivity contribution in [1.82, 2.24) is 25.0 Å². The Morgan fingerprint density at radius 2 is 2.00 bits per heavy atom. The van der Waals surface area contributed by atoms with E-state index in [0.29, 0.717) is 47.4 Å². The van der Waals surface area contributed by atoms with Gasteiger partial charge in [-0.1, -0.05) is 23.4 Å². The van der Waals surface area contributed by atoms with Crippen molar-refractivity contribution < 1.29 is 14.1 Å². The van der Waals surface area contributed by atoms with E-state index in [2.05, 4.69) is 25.4 Å². The van der Waals surface area contributed by atoms with E-state index in [9.17, 15) is 9.59 Å². The largest absolute Gasteiger partial charge is 0.339 e. The molecule has 1 saturated heterocycles. The summed E-state index contributed by atoms with van der Waals surface area (Å²) >= 11 is 0. The zero-order chi connectivity index (χ0) is 21.8. The summed E-state index contributed by atoms with van der Waals surface area (Å²) in [4.78, 5) is 40.3. The molecule has 1 aliphatic heterocycles. The summed E-state index contributed by atoms with van der Waals surface area (Å²) in [6.07, 6.45) is 3.91. The molecule has 0 radical (unpaired) electrons. The lowest BCUT2D eigenvalue weighted by Crippen LogP contribution is -2.32. The third kappa shape index (κ3) is 4.76. The molecule has 0 unspecified atom stereocenters. The first-order chi connectivity index (χ1) is 15.0. The summed E-state index contributed by atoms with van der Waals surface area (Å²) in [6.45, 7) is 4.18. The average Bonchev–Trinajstić information content (AvgIpc) is 3.41. The van der Waals surface area contributed by atoms with Crippen molar-refractivity contribution in [3.05, 3.63) is 65.3 Å². The number of para-hydroxylation sites is 1. The van der Waals surface area contributed by atoms with E-state index in [4.69, 9.17) is 4.52 Å². The minimum absolute atomic E-state index is 0.00510. The number of nitrogens with one attached hydrogen (secondary N) is 1. The molecule has 1 fully saturated rings. The second-order valence-electron chi connectivity index (χ2n) is 7.53.